The van der Waals surface area contributed by atoms with Crippen LogP contribution < -0.4 is 0 Å². The molecule has 0 spiro atoms. The van der Waals surface area contributed by atoms with Crippen molar-refractivity contribution in [1.29, 1.82) is 0 Å². The molecule has 0 amide bonds. The van der Waals surface area contributed by atoms with E-state index in [4.69, 9.17) is 17.7 Å². The molecule has 0 aromatic heterocycles. The van der Waals surface area contributed by atoms with Gasteiger partial charge >= 0.3 is 21.0 Å². The van der Waals surface area contributed by atoms with E-state index in [9.17, 15) is 9.59 Å². The first kappa shape index (κ1) is 22.3. The number of hydrogen-bond donors (Lipinski definition) is 0. The molecular weight excluding hydrogens is 388 g/mol. The molecule has 0 N–H and O–H groups in total. The summed E-state index contributed by atoms with van der Waals surface area (Å²) in [6, 6.07) is 18.5. The number of carbonyl (C=O) groups is 2. The molecule has 0 aliphatic carbocycles. The Morgan fingerprint density at radius 1 is 0.724 bits per heavy atom. The van der Waals surface area contributed by atoms with Crippen molar-refractivity contribution in [1.82, 2.24) is 0 Å². The van der Waals surface area contributed by atoms with Crippen LogP contribution in [0, 0.1) is 0 Å². The SMILES string of the molecule is CCO[Si](OCC)(OC(=O)/C=C/c1ccccc1)OC(=O)/C=C/c1ccccc1. The highest BCUT2D eigenvalue weighted by molar-refractivity contribution is 6.58. The summed E-state index contributed by atoms with van der Waals surface area (Å²) in [5.41, 5.74) is 1.65. The highest BCUT2D eigenvalue weighted by atomic mass is 28.4. The van der Waals surface area contributed by atoms with Crippen LogP contribution in [0.5, 0.6) is 0 Å². The maximum Gasteiger partial charge on any atom is 0.825 e. The van der Waals surface area contributed by atoms with Gasteiger partial charge in [0.25, 0.3) is 0 Å². The van der Waals surface area contributed by atoms with Crippen LogP contribution in [-0.4, -0.2) is 34.2 Å². The first-order valence-corrected chi connectivity index (χ1v) is 10.9. The van der Waals surface area contributed by atoms with Crippen LogP contribution in [0.15, 0.2) is 72.8 Å². The molecule has 152 valence electrons. The number of rotatable bonds is 10. The van der Waals surface area contributed by atoms with Crippen molar-refractivity contribution in [3.63, 3.8) is 0 Å². The Morgan fingerprint density at radius 3 is 1.45 bits per heavy atom. The molecular formula is C22H24O6Si. The van der Waals surface area contributed by atoms with Crippen LogP contribution in [0.2, 0.25) is 0 Å². The summed E-state index contributed by atoms with van der Waals surface area (Å²) in [7, 11) is -4.00. The van der Waals surface area contributed by atoms with Crippen LogP contribution >= 0.6 is 0 Å². The molecule has 0 unspecified atom stereocenters. The van der Waals surface area contributed by atoms with Crippen molar-refractivity contribution in [3.05, 3.63) is 83.9 Å². The van der Waals surface area contributed by atoms with E-state index in [0.717, 1.165) is 11.1 Å². The largest absolute Gasteiger partial charge is 0.825 e. The normalized spacial score (nSPS) is 11.7. The van der Waals surface area contributed by atoms with Gasteiger partial charge in [-0.1, -0.05) is 60.7 Å². The van der Waals surface area contributed by atoms with Gasteiger partial charge in [-0.15, -0.1) is 0 Å². The lowest BCUT2D eigenvalue weighted by atomic mass is 10.2. The van der Waals surface area contributed by atoms with Gasteiger partial charge < -0.3 is 17.7 Å². The standard InChI is InChI=1S/C22H24O6Si/c1-3-25-29(26-4-2,27-21(23)17-15-19-11-7-5-8-12-19)28-22(24)18-16-20-13-9-6-10-14-20/h5-18H,3-4H2,1-2H3/b17-15+,18-16+. The quantitative estimate of drug-likeness (QED) is 0.434. The summed E-state index contributed by atoms with van der Waals surface area (Å²) in [4.78, 5) is 24.6. The van der Waals surface area contributed by atoms with Crippen molar-refractivity contribution in [2.75, 3.05) is 13.2 Å². The van der Waals surface area contributed by atoms with Crippen LogP contribution in [0.25, 0.3) is 12.2 Å². The Balaban J connectivity index is 2.09. The molecule has 0 heterocycles. The van der Waals surface area contributed by atoms with Crippen LogP contribution in [-0.2, 0) is 27.3 Å². The molecule has 0 fully saturated rings. The van der Waals surface area contributed by atoms with Gasteiger partial charge in [0.15, 0.2) is 0 Å². The average Bonchev–Trinajstić information content (AvgIpc) is 2.73. The predicted octanol–water partition coefficient (Wildman–Crippen LogP) is 4.01. The Labute approximate surface area is 171 Å². The zero-order valence-electron chi connectivity index (χ0n) is 16.4. The fraction of sp³-hybridized carbons (Fsp3) is 0.182. The van der Waals surface area contributed by atoms with E-state index >= 15 is 0 Å². The van der Waals surface area contributed by atoms with Gasteiger partial charge in [-0.05, 0) is 37.1 Å². The zero-order chi connectivity index (χ0) is 21.0. The third-order valence-corrected chi connectivity index (χ3v) is 5.70. The van der Waals surface area contributed by atoms with E-state index in [-0.39, 0.29) is 13.2 Å². The average molecular weight is 413 g/mol. The monoisotopic (exact) mass is 412 g/mol. The fourth-order valence-corrected chi connectivity index (χ4v) is 4.00. The summed E-state index contributed by atoms with van der Waals surface area (Å²) < 4.78 is 21.7. The smallest absolute Gasteiger partial charge is 0.439 e. The fourth-order valence-electron chi connectivity index (χ4n) is 2.31. The van der Waals surface area contributed by atoms with E-state index in [1.807, 2.05) is 60.7 Å². The highest BCUT2D eigenvalue weighted by Gasteiger charge is 2.53. The summed E-state index contributed by atoms with van der Waals surface area (Å²) in [6.07, 6.45) is 5.67. The summed E-state index contributed by atoms with van der Waals surface area (Å²) in [6.45, 7) is 3.69. The van der Waals surface area contributed by atoms with Crippen molar-refractivity contribution < 1.29 is 27.3 Å². The maximum atomic E-state index is 12.3. The zero-order valence-corrected chi connectivity index (χ0v) is 17.4. The van der Waals surface area contributed by atoms with E-state index in [1.165, 1.54) is 12.2 Å². The minimum Gasteiger partial charge on any atom is -0.439 e. The Kier molecular flexibility index (Phi) is 9.03. The van der Waals surface area contributed by atoms with E-state index < -0.39 is 21.0 Å². The second-order valence-electron chi connectivity index (χ2n) is 5.70. The predicted molar refractivity (Wildman–Crippen MR) is 112 cm³/mol. The molecule has 2 aromatic rings. The minimum atomic E-state index is -4.00. The Morgan fingerprint density at radius 2 is 1.10 bits per heavy atom. The van der Waals surface area contributed by atoms with Crippen molar-refractivity contribution >= 4 is 33.1 Å². The minimum absolute atomic E-state index is 0.150. The van der Waals surface area contributed by atoms with Gasteiger partial charge in [0.2, 0.25) is 0 Å². The number of benzene rings is 2. The van der Waals surface area contributed by atoms with Gasteiger partial charge in [-0.2, -0.15) is 0 Å². The lowest BCUT2D eigenvalue weighted by Crippen LogP contribution is -2.51. The van der Waals surface area contributed by atoms with Gasteiger partial charge in [0.1, 0.15) is 0 Å². The highest BCUT2D eigenvalue weighted by Crippen LogP contribution is 2.15. The third kappa shape index (κ3) is 7.87. The number of carbonyl (C=O) groups excluding carboxylic acids is 2. The lowest BCUT2D eigenvalue weighted by molar-refractivity contribution is -0.146. The first-order valence-electron chi connectivity index (χ1n) is 9.27. The molecule has 2 rings (SSSR count). The summed E-state index contributed by atoms with van der Waals surface area (Å²) >= 11 is 0. The maximum absolute atomic E-state index is 12.3. The Bertz CT molecular complexity index is 761. The Hall–Kier alpha value is -3.00. The van der Waals surface area contributed by atoms with E-state index in [0.29, 0.717) is 0 Å². The summed E-state index contributed by atoms with van der Waals surface area (Å²) in [5.74, 6) is -1.44. The molecule has 0 atom stereocenters. The van der Waals surface area contributed by atoms with Gasteiger partial charge in [0, 0.05) is 25.4 Å². The second-order valence-corrected chi connectivity index (χ2v) is 7.68. The van der Waals surface area contributed by atoms with Crippen molar-refractivity contribution in [2.24, 2.45) is 0 Å². The van der Waals surface area contributed by atoms with Gasteiger partial charge in [-0.25, -0.2) is 9.59 Å². The molecule has 0 bridgehead atoms. The third-order valence-electron chi connectivity index (χ3n) is 3.52. The van der Waals surface area contributed by atoms with Crippen molar-refractivity contribution in [3.8, 4) is 0 Å². The van der Waals surface area contributed by atoms with Crippen LogP contribution in [0.1, 0.15) is 25.0 Å². The van der Waals surface area contributed by atoms with Crippen molar-refractivity contribution in [2.45, 2.75) is 13.8 Å². The molecule has 2 aromatic carbocycles. The molecule has 0 saturated carbocycles. The lowest BCUT2D eigenvalue weighted by Gasteiger charge is -2.24. The molecule has 0 saturated heterocycles. The summed E-state index contributed by atoms with van der Waals surface area (Å²) in [5, 5.41) is 0. The second kappa shape index (κ2) is 11.8. The van der Waals surface area contributed by atoms with Crippen LogP contribution in [0.4, 0.5) is 0 Å². The molecule has 29 heavy (non-hydrogen) atoms. The van der Waals surface area contributed by atoms with E-state index in [1.54, 1.807) is 26.0 Å². The molecule has 0 aliphatic heterocycles. The first-order chi connectivity index (χ1) is 14.1. The molecule has 0 aliphatic rings. The topological polar surface area (TPSA) is 71.1 Å². The number of hydrogen-bond acceptors (Lipinski definition) is 6. The van der Waals surface area contributed by atoms with E-state index in [2.05, 4.69) is 0 Å². The molecule has 7 heteroatoms. The van der Waals surface area contributed by atoms with Gasteiger partial charge in [0.05, 0.1) is 0 Å². The van der Waals surface area contributed by atoms with Gasteiger partial charge in [-0.3, -0.25) is 0 Å². The molecule has 0 radical (unpaired) electrons. The molecule has 6 nitrogen and oxygen atoms in total. The van der Waals surface area contributed by atoms with Crippen LogP contribution in [0.3, 0.4) is 0 Å².